The number of alkyl halides is 1. The number of ether oxygens (including phenoxy) is 1. The first-order valence-electron chi connectivity index (χ1n) is 7.68. The molecular formula is C20H22ClFO2. The van der Waals surface area contributed by atoms with Crippen LogP contribution in [0.5, 0.6) is 5.75 Å². The van der Waals surface area contributed by atoms with Crippen molar-refractivity contribution in [1.29, 1.82) is 0 Å². The van der Waals surface area contributed by atoms with Crippen LogP contribution in [0.4, 0.5) is 4.39 Å². The Kier molecular flexibility index (Phi) is 5.68. The SMILES string of the molecule is C=CC(C)(C)[C@@H](O)c1cc(CCl)ccc1-c1cc(OC)ccc1F. The molecule has 0 spiro atoms. The first-order valence-corrected chi connectivity index (χ1v) is 8.22. The summed E-state index contributed by atoms with van der Waals surface area (Å²) >= 11 is 5.93. The van der Waals surface area contributed by atoms with Crippen LogP contribution in [0.15, 0.2) is 49.1 Å². The molecule has 2 nitrogen and oxygen atoms in total. The zero-order valence-corrected chi connectivity index (χ0v) is 14.9. The molecule has 24 heavy (non-hydrogen) atoms. The Morgan fingerprint density at radius 1 is 1.25 bits per heavy atom. The summed E-state index contributed by atoms with van der Waals surface area (Å²) in [6, 6.07) is 9.99. The number of aliphatic hydroxyl groups is 1. The molecule has 0 heterocycles. The third-order valence-corrected chi connectivity index (χ3v) is 4.57. The van der Waals surface area contributed by atoms with Gasteiger partial charge in [-0.1, -0.05) is 38.1 Å². The van der Waals surface area contributed by atoms with E-state index in [1.807, 2.05) is 26.0 Å². The van der Waals surface area contributed by atoms with Gasteiger partial charge in [0.25, 0.3) is 0 Å². The molecule has 4 heteroatoms. The molecule has 0 saturated carbocycles. The maximum Gasteiger partial charge on any atom is 0.131 e. The highest BCUT2D eigenvalue weighted by molar-refractivity contribution is 6.17. The molecule has 0 aliphatic heterocycles. The van der Waals surface area contributed by atoms with Crippen LogP contribution in [0.25, 0.3) is 11.1 Å². The molecule has 0 unspecified atom stereocenters. The number of hydrogen-bond acceptors (Lipinski definition) is 2. The summed E-state index contributed by atoms with van der Waals surface area (Å²) in [5.74, 6) is 0.491. The van der Waals surface area contributed by atoms with Crippen molar-refractivity contribution < 1.29 is 14.2 Å². The second-order valence-electron chi connectivity index (χ2n) is 6.33. The Balaban J connectivity index is 2.69. The van der Waals surface area contributed by atoms with Gasteiger partial charge in [0.15, 0.2) is 0 Å². The normalized spacial score (nSPS) is 12.8. The van der Waals surface area contributed by atoms with Crippen LogP contribution in [0.2, 0.25) is 0 Å². The van der Waals surface area contributed by atoms with Crippen molar-refractivity contribution in [3.05, 3.63) is 66.0 Å². The van der Waals surface area contributed by atoms with E-state index >= 15 is 0 Å². The first kappa shape index (κ1) is 18.5. The van der Waals surface area contributed by atoms with Gasteiger partial charge >= 0.3 is 0 Å². The molecule has 128 valence electrons. The summed E-state index contributed by atoms with van der Waals surface area (Å²) in [4.78, 5) is 0. The predicted molar refractivity (Wildman–Crippen MR) is 96.9 cm³/mol. The molecule has 0 fully saturated rings. The summed E-state index contributed by atoms with van der Waals surface area (Å²) in [5, 5.41) is 10.9. The molecule has 1 N–H and O–H groups in total. The van der Waals surface area contributed by atoms with Gasteiger partial charge in [0.2, 0.25) is 0 Å². The molecule has 1 atom stereocenters. The molecule has 2 rings (SSSR count). The van der Waals surface area contributed by atoms with Crippen molar-refractivity contribution in [2.75, 3.05) is 7.11 Å². The fraction of sp³-hybridized carbons (Fsp3) is 0.300. The highest BCUT2D eigenvalue weighted by Crippen LogP contribution is 2.41. The van der Waals surface area contributed by atoms with E-state index in [-0.39, 0.29) is 5.82 Å². The minimum atomic E-state index is -0.848. The van der Waals surface area contributed by atoms with Crippen LogP contribution in [-0.2, 0) is 5.88 Å². The molecule has 0 saturated heterocycles. The van der Waals surface area contributed by atoms with Gasteiger partial charge in [0, 0.05) is 16.9 Å². The molecule has 0 radical (unpaired) electrons. The minimum absolute atomic E-state index is 0.315. The minimum Gasteiger partial charge on any atom is -0.497 e. The molecular weight excluding hydrogens is 327 g/mol. The van der Waals surface area contributed by atoms with E-state index in [4.69, 9.17) is 16.3 Å². The van der Waals surface area contributed by atoms with Crippen LogP contribution in [0.1, 0.15) is 31.1 Å². The quantitative estimate of drug-likeness (QED) is 0.552. The highest BCUT2D eigenvalue weighted by Gasteiger charge is 2.29. The Labute approximate surface area is 147 Å². The van der Waals surface area contributed by atoms with Crippen LogP contribution >= 0.6 is 11.6 Å². The van der Waals surface area contributed by atoms with E-state index in [0.29, 0.717) is 28.3 Å². The molecule has 0 bridgehead atoms. The van der Waals surface area contributed by atoms with Gasteiger partial charge < -0.3 is 9.84 Å². The zero-order chi connectivity index (χ0) is 17.9. The average Bonchev–Trinajstić information content (AvgIpc) is 2.61. The predicted octanol–water partition coefficient (Wildman–Crippen LogP) is 5.49. The average molecular weight is 349 g/mol. The summed E-state index contributed by atoms with van der Waals surface area (Å²) in [7, 11) is 1.53. The van der Waals surface area contributed by atoms with Crippen LogP contribution in [0.3, 0.4) is 0 Å². The maximum atomic E-state index is 14.4. The molecule has 0 aliphatic rings. The number of halogens is 2. The van der Waals surface area contributed by atoms with Crippen molar-refractivity contribution in [3.8, 4) is 16.9 Å². The molecule has 2 aromatic carbocycles. The van der Waals surface area contributed by atoms with Crippen molar-refractivity contribution in [3.63, 3.8) is 0 Å². The van der Waals surface area contributed by atoms with Gasteiger partial charge in [-0.15, -0.1) is 18.2 Å². The van der Waals surface area contributed by atoms with Crippen LogP contribution in [0, 0.1) is 11.2 Å². The van der Waals surface area contributed by atoms with E-state index < -0.39 is 11.5 Å². The number of aliphatic hydroxyl groups excluding tert-OH is 1. The van der Waals surface area contributed by atoms with Gasteiger partial charge in [-0.3, -0.25) is 0 Å². The van der Waals surface area contributed by atoms with E-state index in [1.165, 1.54) is 13.2 Å². The van der Waals surface area contributed by atoms with Crippen LogP contribution < -0.4 is 4.74 Å². The standard InChI is InChI=1S/C20H22ClFO2/c1-5-20(2,3)19(23)17-10-13(12-21)6-8-15(17)16-11-14(24-4)7-9-18(16)22/h5-11,19,23H,1,12H2,2-4H3/t19-/m0/s1. The maximum absolute atomic E-state index is 14.4. The summed E-state index contributed by atoms with van der Waals surface area (Å²) in [6.45, 7) is 7.55. The van der Waals surface area contributed by atoms with Crippen molar-refractivity contribution in [2.24, 2.45) is 5.41 Å². The third-order valence-electron chi connectivity index (χ3n) is 4.26. The second-order valence-corrected chi connectivity index (χ2v) is 6.60. The number of hydrogen-bond donors (Lipinski definition) is 1. The zero-order valence-electron chi connectivity index (χ0n) is 14.1. The molecule has 0 amide bonds. The van der Waals surface area contributed by atoms with Gasteiger partial charge in [-0.05, 0) is 34.9 Å². The fourth-order valence-corrected chi connectivity index (χ4v) is 2.68. The Morgan fingerprint density at radius 3 is 2.54 bits per heavy atom. The van der Waals surface area contributed by atoms with Crippen molar-refractivity contribution in [1.82, 2.24) is 0 Å². The van der Waals surface area contributed by atoms with E-state index in [2.05, 4.69) is 6.58 Å². The lowest BCUT2D eigenvalue weighted by Gasteiger charge is -2.29. The third kappa shape index (κ3) is 3.63. The smallest absolute Gasteiger partial charge is 0.131 e. The van der Waals surface area contributed by atoms with Gasteiger partial charge in [0.05, 0.1) is 13.2 Å². The van der Waals surface area contributed by atoms with Crippen molar-refractivity contribution in [2.45, 2.75) is 25.8 Å². The Hall–Kier alpha value is -1.84. The monoisotopic (exact) mass is 348 g/mol. The van der Waals surface area contributed by atoms with Crippen LogP contribution in [-0.4, -0.2) is 12.2 Å². The van der Waals surface area contributed by atoms with E-state index in [0.717, 1.165) is 5.56 Å². The molecule has 0 aliphatic carbocycles. The first-order chi connectivity index (χ1) is 11.3. The number of benzene rings is 2. The van der Waals surface area contributed by atoms with Gasteiger partial charge in [0.1, 0.15) is 11.6 Å². The lowest BCUT2D eigenvalue weighted by molar-refractivity contribution is 0.0826. The fourth-order valence-electron chi connectivity index (χ4n) is 2.52. The summed E-state index contributed by atoms with van der Waals surface area (Å²) < 4.78 is 19.6. The van der Waals surface area contributed by atoms with E-state index in [1.54, 1.807) is 24.3 Å². The molecule has 2 aromatic rings. The lowest BCUT2D eigenvalue weighted by Crippen LogP contribution is -2.20. The summed E-state index contributed by atoms with van der Waals surface area (Å²) in [6.07, 6.45) is 0.843. The highest BCUT2D eigenvalue weighted by atomic mass is 35.5. The number of rotatable bonds is 6. The van der Waals surface area contributed by atoms with E-state index in [9.17, 15) is 9.50 Å². The Morgan fingerprint density at radius 2 is 1.96 bits per heavy atom. The van der Waals surface area contributed by atoms with Gasteiger partial charge in [-0.2, -0.15) is 0 Å². The van der Waals surface area contributed by atoms with Gasteiger partial charge in [-0.25, -0.2) is 4.39 Å². The largest absolute Gasteiger partial charge is 0.497 e. The second kappa shape index (κ2) is 7.37. The topological polar surface area (TPSA) is 29.5 Å². The Bertz CT molecular complexity index is 740. The summed E-state index contributed by atoms with van der Waals surface area (Å²) in [5.41, 5.74) is 1.89. The lowest BCUT2D eigenvalue weighted by atomic mass is 9.80. The molecule has 0 aromatic heterocycles. The van der Waals surface area contributed by atoms with Crippen molar-refractivity contribution >= 4 is 11.6 Å². The number of methoxy groups -OCH3 is 1.